The maximum Gasteiger partial charge on any atom is 0.361 e. The highest BCUT2D eigenvalue weighted by molar-refractivity contribution is 5.71. The largest absolute Gasteiger partial charge is 0.477 e. The van der Waals surface area contributed by atoms with E-state index in [2.05, 4.69) is 38.2 Å². The van der Waals surface area contributed by atoms with Crippen molar-refractivity contribution < 1.29 is 42.9 Å². The van der Waals surface area contributed by atoms with E-state index < -0.39 is 18.4 Å². The number of hydrogen-bond donors (Lipinski definition) is 1. The van der Waals surface area contributed by atoms with Crippen molar-refractivity contribution in [2.45, 2.75) is 283 Å². The average molecular weight is 950 g/mol. The van der Waals surface area contributed by atoms with Crippen molar-refractivity contribution in [2.24, 2.45) is 0 Å². The van der Waals surface area contributed by atoms with Gasteiger partial charge in [0.25, 0.3) is 6.29 Å². The Balaban J connectivity index is 4.18. The first kappa shape index (κ1) is 64.8. The molecule has 0 aliphatic rings. The minimum absolute atomic E-state index is 0.176. The Hall–Kier alpha value is -2.23. The fraction of sp³-hybridized carbons (Fsp3) is 0.879. The van der Waals surface area contributed by atoms with Crippen molar-refractivity contribution in [3.8, 4) is 0 Å². The van der Waals surface area contributed by atoms with Crippen molar-refractivity contribution in [2.75, 3.05) is 47.5 Å². The molecule has 0 aliphatic carbocycles. The lowest BCUT2D eigenvalue weighted by atomic mass is 10.0. The van der Waals surface area contributed by atoms with E-state index in [0.717, 1.165) is 44.9 Å². The van der Waals surface area contributed by atoms with E-state index >= 15 is 0 Å². The van der Waals surface area contributed by atoms with Crippen molar-refractivity contribution in [1.29, 1.82) is 0 Å². The molecule has 0 spiro atoms. The second-order valence-corrected chi connectivity index (χ2v) is 20.6. The van der Waals surface area contributed by atoms with Gasteiger partial charge in [-0.05, 0) is 44.9 Å². The number of rotatable bonds is 53. The van der Waals surface area contributed by atoms with Gasteiger partial charge in [0.15, 0.2) is 6.10 Å². The summed E-state index contributed by atoms with van der Waals surface area (Å²) < 4.78 is 22.9. The van der Waals surface area contributed by atoms with Gasteiger partial charge in [-0.25, -0.2) is 4.79 Å². The first-order valence-corrected chi connectivity index (χ1v) is 28.5. The van der Waals surface area contributed by atoms with Gasteiger partial charge in [0.05, 0.1) is 34.4 Å². The number of carbonyl (C=O) groups is 3. The Kier molecular flexibility index (Phi) is 48.5. The van der Waals surface area contributed by atoms with Crippen LogP contribution in [0.25, 0.3) is 0 Å². The number of nitrogens with zero attached hydrogens (tertiary/aromatic N) is 1. The minimum Gasteiger partial charge on any atom is -0.477 e. The lowest BCUT2D eigenvalue weighted by molar-refractivity contribution is -0.870. The van der Waals surface area contributed by atoms with Crippen molar-refractivity contribution in [3.05, 3.63) is 24.3 Å². The first-order valence-electron chi connectivity index (χ1n) is 28.5. The summed E-state index contributed by atoms with van der Waals surface area (Å²) in [7, 11) is 5.97. The molecule has 67 heavy (non-hydrogen) atoms. The van der Waals surface area contributed by atoms with Crippen LogP contribution >= 0.6 is 0 Å². The second kappa shape index (κ2) is 50.2. The molecule has 0 aliphatic heterocycles. The Morgan fingerprint density at radius 1 is 0.448 bits per heavy atom. The number of unbranched alkanes of at least 4 members (excludes halogenated alkanes) is 34. The molecule has 0 aromatic heterocycles. The molecule has 1 N–H and O–H groups in total. The van der Waals surface area contributed by atoms with E-state index in [1.807, 2.05) is 21.1 Å². The van der Waals surface area contributed by atoms with Gasteiger partial charge in [0, 0.05) is 12.8 Å². The fourth-order valence-corrected chi connectivity index (χ4v) is 8.28. The van der Waals surface area contributed by atoms with E-state index in [0.29, 0.717) is 17.4 Å². The van der Waals surface area contributed by atoms with Crippen LogP contribution in [-0.2, 0) is 33.3 Å². The number of carbonyl (C=O) groups excluding carboxylic acids is 2. The molecule has 2 unspecified atom stereocenters. The van der Waals surface area contributed by atoms with Crippen LogP contribution in [0.4, 0.5) is 0 Å². The number of likely N-dealkylation sites (N-methyl/N-ethyl adjacent to an activating group) is 1. The van der Waals surface area contributed by atoms with E-state index in [4.69, 9.17) is 18.9 Å². The Morgan fingerprint density at radius 3 is 1.18 bits per heavy atom. The van der Waals surface area contributed by atoms with Crippen molar-refractivity contribution in [3.63, 3.8) is 0 Å². The third-order valence-corrected chi connectivity index (χ3v) is 12.7. The van der Waals surface area contributed by atoms with Crippen LogP contribution in [0.3, 0.4) is 0 Å². The summed E-state index contributed by atoms with van der Waals surface area (Å²) in [5.74, 6) is -1.99. The van der Waals surface area contributed by atoms with Crippen LogP contribution < -0.4 is 0 Å². The quantitative estimate of drug-likeness (QED) is 0.0211. The van der Waals surface area contributed by atoms with Gasteiger partial charge in [-0.15, -0.1) is 0 Å². The molecular formula is C58H110NO8+. The fourth-order valence-electron chi connectivity index (χ4n) is 8.28. The standard InChI is InChI=1S/C58H109NO8/c1-6-8-10-12-14-16-18-20-22-23-24-25-26-27-28-29-30-31-32-33-35-37-39-41-43-45-47-49-56(61)67-54(53-66-58(57(62)63)64-51-50-59(3,4)5)52-65-55(60)48-46-44-42-40-38-36-34-21-19-17-15-13-11-9-7-2/h18,20,23-24,54,58H,6-17,19,21-22,25-53H2,1-5H3/p+1/b20-18-,24-23-. The zero-order valence-electron chi connectivity index (χ0n) is 44.8. The molecule has 0 radical (unpaired) electrons. The Morgan fingerprint density at radius 2 is 0.806 bits per heavy atom. The summed E-state index contributed by atoms with van der Waals surface area (Å²) in [6, 6.07) is 0. The molecule has 0 heterocycles. The van der Waals surface area contributed by atoms with Gasteiger partial charge in [-0.2, -0.15) is 0 Å². The van der Waals surface area contributed by atoms with Gasteiger partial charge >= 0.3 is 17.9 Å². The van der Waals surface area contributed by atoms with Crippen LogP contribution in [-0.4, -0.2) is 87.4 Å². The van der Waals surface area contributed by atoms with Crippen molar-refractivity contribution >= 4 is 17.9 Å². The number of quaternary nitrogens is 1. The average Bonchev–Trinajstić information content (AvgIpc) is 3.29. The molecule has 0 saturated carbocycles. The van der Waals surface area contributed by atoms with Gasteiger partial charge in [0.2, 0.25) is 0 Å². The first-order chi connectivity index (χ1) is 32.6. The van der Waals surface area contributed by atoms with Crippen molar-refractivity contribution in [1.82, 2.24) is 0 Å². The molecule has 0 fully saturated rings. The number of esters is 2. The van der Waals surface area contributed by atoms with Gasteiger partial charge in [-0.1, -0.05) is 237 Å². The van der Waals surface area contributed by atoms with Crippen LogP contribution in [0.15, 0.2) is 24.3 Å². The van der Waals surface area contributed by atoms with E-state index in [1.54, 1.807) is 0 Å². The zero-order valence-corrected chi connectivity index (χ0v) is 44.8. The highest BCUT2D eigenvalue weighted by Gasteiger charge is 2.25. The normalized spacial score (nSPS) is 12.9. The third kappa shape index (κ3) is 51.4. The molecule has 394 valence electrons. The number of carboxylic acid groups (broad SMARTS) is 1. The maximum atomic E-state index is 12.9. The topological polar surface area (TPSA) is 108 Å². The molecule has 0 saturated heterocycles. The van der Waals surface area contributed by atoms with Crippen LogP contribution in [0.2, 0.25) is 0 Å². The highest BCUT2D eigenvalue weighted by atomic mass is 16.7. The minimum atomic E-state index is -1.51. The van der Waals surface area contributed by atoms with E-state index in [9.17, 15) is 19.5 Å². The third-order valence-electron chi connectivity index (χ3n) is 12.7. The summed E-state index contributed by atoms with van der Waals surface area (Å²) in [5.41, 5.74) is 0. The summed E-state index contributed by atoms with van der Waals surface area (Å²) >= 11 is 0. The van der Waals surface area contributed by atoms with Gasteiger partial charge in [-0.3, -0.25) is 9.59 Å². The molecule has 2 atom stereocenters. The number of allylic oxidation sites excluding steroid dienone is 4. The van der Waals surface area contributed by atoms with Gasteiger partial charge < -0.3 is 28.5 Å². The Labute approximate surface area is 414 Å². The Bertz CT molecular complexity index is 1150. The molecular weight excluding hydrogens is 839 g/mol. The predicted molar refractivity (Wildman–Crippen MR) is 281 cm³/mol. The lowest BCUT2D eigenvalue weighted by Crippen LogP contribution is -2.40. The number of ether oxygens (including phenoxy) is 4. The highest BCUT2D eigenvalue weighted by Crippen LogP contribution is 2.17. The molecule has 9 nitrogen and oxygen atoms in total. The molecule has 0 aromatic rings. The monoisotopic (exact) mass is 949 g/mol. The van der Waals surface area contributed by atoms with Crippen LogP contribution in [0, 0.1) is 0 Å². The molecule has 0 aromatic carbocycles. The summed E-state index contributed by atoms with van der Waals surface area (Å²) in [6.45, 7) is 4.91. The lowest BCUT2D eigenvalue weighted by Gasteiger charge is -2.25. The molecule has 9 heteroatoms. The summed E-state index contributed by atoms with van der Waals surface area (Å²) in [4.78, 5) is 37.3. The number of carboxylic acids is 1. The van der Waals surface area contributed by atoms with Crippen LogP contribution in [0.1, 0.15) is 271 Å². The van der Waals surface area contributed by atoms with E-state index in [1.165, 1.54) is 199 Å². The second-order valence-electron chi connectivity index (χ2n) is 20.6. The SMILES string of the molecule is CCCCCCC/C=C\C/C=C\CCCCCCCCCCCCCCCCCC(=O)OC(COC(=O)CCCCCCCCCCCCCCCCC)COC(OCC[N+](C)(C)C)C(=O)O. The number of aliphatic carboxylic acids is 1. The molecule has 0 amide bonds. The zero-order chi connectivity index (χ0) is 49.2. The molecule has 0 bridgehead atoms. The maximum absolute atomic E-state index is 12.9. The van der Waals surface area contributed by atoms with Crippen LogP contribution in [0.5, 0.6) is 0 Å². The smallest absolute Gasteiger partial charge is 0.361 e. The number of hydrogen-bond acceptors (Lipinski definition) is 7. The molecule has 0 rings (SSSR count). The predicted octanol–water partition coefficient (Wildman–Crippen LogP) is 16.3. The summed E-state index contributed by atoms with van der Waals surface area (Å²) in [6.07, 6.45) is 55.4. The van der Waals surface area contributed by atoms with E-state index in [-0.39, 0.29) is 38.2 Å². The van der Waals surface area contributed by atoms with Gasteiger partial charge in [0.1, 0.15) is 13.2 Å². The summed E-state index contributed by atoms with van der Waals surface area (Å²) in [5, 5.41) is 9.69.